The molecule has 3 atom stereocenters. The minimum absolute atomic E-state index is 0.162. The number of carboxylic acid groups (broad SMARTS) is 1. The summed E-state index contributed by atoms with van der Waals surface area (Å²) in [4.78, 5) is 34.9. The lowest BCUT2D eigenvalue weighted by molar-refractivity contribution is -0.159. The number of aliphatic carboxylic acids is 1. The lowest BCUT2D eigenvalue weighted by Gasteiger charge is -2.47. The van der Waals surface area contributed by atoms with Crippen molar-refractivity contribution in [2.45, 2.75) is 24.5 Å². The summed E-state index contributed by atoms with van der Waals surface area (Å²) in [6, 6.07) is 0. The Balaban J connectivity index is 2.42. The van der Waals surface area contributed by atoms with Crippen molar-refractivity contribution in [2.24, 2.45) is 0 Å². The van der Waals surface area contributed by atoms with Crippen LogP contribution >= 0.6 is 11.8 Å². The van der Waals surface area contributed by atoms with Gasteiger partial charge in [-0.05, 0) is 0 Å². The number of carbonyl (C=O) groups excluding carboxylic acids is 2. The van der Waals surface area contributed by atoms with Crippen LogP contribution in [0.1, 0.15) is 6.92 Å². The average Bonchev–Trinajstić information content (AvgIpc) is 2.41. The number of aliphatic hydroxyl groups excluding tert-OH is 1. The number of rotatable bonds is 3. The lowest BCUT2D eigenvalue weighted by Crippen LogP contribution is -2.65. The molecule has 0 aromatic carbocycles. The van der Waals surface area contributed by atoms with Gasteiger partial charge in [-0.3, -0.25) is 14.5 Å². The van der Waals surface area contributed by atoms with Gasteiger partial charge in [0, 0.05) is 18.2 Å². The molecular weight excluding hydrogens is 286 g/mol. The Morgan fingerprint density at radius 2 is 2.25 bits per heavy atom. The molecular formula is C12H11NO6S. The molecule has 0 radical (unpaired) electrons. The van der Waals surface area contributed by atoms with Gasteiger partial charge in [0.1, 0.15) is 11.1 Å². The van der Waals surface area contributed by atoms with Crippen molar-refractivity contribution in [3.8, 4) is 12.3 Å². The maximum atomic E-state index is 11.6. The Morgan fingerprint density at radius 3 is 2.75 bits per heavy atom. The third-order valence-electron chi connectivity index (χ3n) is 2.92. The quantitative estimate of drug-likeness (QED) is 0.398. The number of esters is 1. The number of nitrogens with zero attached hydrogens (tertiary/aromatic N) is 1. The Morgan fingerprint density at radius 1 is 1.60 bits per heavy atom. The zero-order chi connectivity index (χ0) is 15.0. The summed E-state index contributed by atoms with van der Waals surface area (Å²) >= 11 is 1.17. The highest BCUT2D eigenvalue weighted by molar-refractivity contribution is 8.00. The van der Waals surface area contributed by atoms with Crippen molar-refractivity contribution in [1.29, 1.82) is 0 Å². The van der Waals surface area contributed by atoms with E-state index >= 15 is 0 Å². The van der Waals surface area contributed by atoms with Crippen molar-refractivity contribution in [3.05, 3.63) is 11.3 Å². The second-order valence-electron chi connectivity index (χ2n) is 4.19. The molecule has 106 valence electrons. The smallest absolute Gasteiger partial charge is 0.352 e. The summed E-state index contributed by atoms with van der Waals surface area (Å²) in [5, 5.41) is 18.1. The van der Waals surface area contributed by atoms with E-state index in [1.54, 1.807) is 0 Å². The van der Waals surface area contributed by atoms with Gasteiger partial charge in [-0.25, -0.2) is 4.79 Å². The number of ether oxygens (including phenoxy) is 1. The van der Waals surface area contributed by atoms with Crippen LogP contribution in [0.3, 0.4) is 0 Å². The molecule has 0 aliphatic carbocycles. The van der Waals surface area contributed by atoms with Crippen molar-refractivity contribution >= 4 is 29.6 Å². The molecule has 7 nitrogen and oxygen atoms in total. The summed E-state index contributed by atoms with van der Waals surface area (Å²) < 4.78 is 4.88. The second-order valence-corrected chi connectivity index (χ2v) is 5.29. The molecule has 1 amide bonds. The molecule has 8 heteroatoms. The number of thioether (sulfide) groups is 1. The first-order chi connectivity index (χ1) is 9.38. The zero-order valence-corrected chi connectivity index (χ0v) is 11.2. The molecule has 0 aromatic heterocycles. The number of terminal acetylenes is 1. The Hall–Kier alpha value is -1.98. The molecule has 1 saturated heterocycles. The molecule has 0 spiro atoms. The minimum atomic E-state index is -1.35. The van der Waals surface area contributed by atoms with Crippen LogP contribution in [0.15, 0.2) is 11.3 Å². The van der Waals surface area contributed by atoms with Gasteiger partial charge < -0.3 is 14.9 Å². The van der Waals surface area contributed by atoms with Crippen LogP contribution in [0.2, 0.25) is 0 Å². The third kappa shape index (κ3) is 2.15. The highest BCUT2D eigenvalue weighted by Gasteiger charge is 2.53. The van der Waals surface area contributed by atoms with E-state index in [1.165, 1.54) is 11.8 Å². The maximum Gasteiger partial charge on any atom is 0.352 e. The topological polar surface area (TPSA) is 104 Å². The number of amides is 1. The van der Waals surface area contributed by atoms with Crippen LogP contribution in [0.4, 0.5) is 0 Å². The first-order valence-electron chi connectivity index (χ1n) is 5.61. The highest BCUT2D eigenvalue weighted by atomic mass is 32.2. The zero-order valence-electron chi connectivity index (χ0n) is 10.4. The van der Waals surface area contributed by atoms with E-state index in [4.69, 9.17) is 11.2 Å². The second kappa shape index (κ2) is 5.19. The molecule has 20 heavy (non-hydrogen) atoms. The number of aliphatic hydroxyl groups is 1. The molecule has 0 aromatic rings. The fourth-order valence-electron chi connectivity index (χ4n) is 2.06. The Kier molecular flexibility index (Phi) is 3.74. The van der Waals surface area contributed by atoms with Crippen LogP contribution in [0.5, 0.6) is 0 Å². The minimum Gasteiger partial charge on any atom is -0.477 e. The molecule has 2 heterocycles. The van der Waals surface area contributed by atoms with E-state index in [2.05, 4.69) is 5.92 Å². The summed E-state index contributed by atoms with van der Waals surface area (Å²) in [6.45, 7) is 1.16. The standard InChI is InChI=1S/C12H11NO6S/c1-3-7(19-5(2)14)6-4-20-11-9(15)10(16)13(11)8(6)12(17)18/h1,7,9,11,15H,4H2,2H3,(H,17,18)/t7?,9-,11+/m0/s1. The summed E-state index contributed by atoms with van der Waals surface area (Å²) in [7, 11) is 0. The van der Waals surface area contributed by atoms with Crippen molar-refractivity contribution in [1.82, 2.24) is 4.90 Å². The number of carbonyl (C=O) groups is 3. The predicted octanol–water partition coefficient (Wildman–Crippen LogP) is -0.834. The SMILES string of the molecule is C#CC(OC(C)=O)C1=C(C(=O)O)N2C(=O)[C@H](O)[C@H]2SC1. The lowest BCUT2D eigenvalue weighted by atomic mass is 10.0. The average molecular weight is 297 g/mol. The van der Waals surface area contributed by atoms with Crippen molar-refractivity contribution in [2.75, 3.05) is 5.75 Å². The predicted molar refractivity (Wildman–Crippen MR) is 68.1 cm³/mol. The summed E-state index contributed by atoms with van der Waals surface area (Å²) in [5.74, 6) is -0.336. The maximum absolute atomic E-state index is 11.6. The van der Waals surface area contributed by atoms with Gasteiger partial charge in [0.25, 0.3) is 5.91 Å². The number of hydrogen-bond acceptors (Lipinski definition) is 6. The molecule has 0 bridgehead atoms. The molecule has 2 N–H and O–H groups in total. The molecule has 2 rings (SSSR count). The van der Waals surface area contributed by atoms with Gasteiger partial charge in [0.15, 0.2) is 12.2 Å². The Bertz CT molecular complexity index is 563. The summed E-state index contributed by atoms with van der Waals surface area (Å²) in [5.41, 5.74) is -0.148. The molecule has 0 saturated carbocycles. The Labute approximate surface area is 118 Å². The highest BCUT2D eigenvalue weighted by Crippen LogP contribution is 2.41. The van der Waals surface area contributed by atoms with Crippen LogP contribution in [-0.4, -0.2) is 56.3 Å². The van der Waals surface area contributed by atoms with Crippen molar-refractivity contribution in [3.63, 3.8) is 0 Å². The van der Waals surface area contributed by atoms with E-state index in [0.29, 0.717) is 0 Å². The number of fused-ring (bicyclic) bond motifs is 1. The summed E-state index contributed by atoms with van der Waals surface area (Å²) in [6.07, 6.45) is 2.90. The number of β-lactam (4-membered cyclic amide) rings is 1. The first kappa shape index (κ1) is 14.4. The van der Waals surface area contributed by atoms with Crippen LogP contribution in [0, 0.1) is 12.3 Å². The number of hydrogen-bond donors (Lipinski definition) is 2. The number of carboxylic acids is 1. The molecule has 1 unspecified atom stereocenters. The first-order valence-corrected chi connectivity index (χ1v) is 6.65. The van der Waals surface area contributed by atoms with Gasteiger partial charge in [-0.1, -0.05) is 5.92 Å². The van der Waals surface area contributed by atoms with E-state index in [9.17, 15) is 24.6 Å². The van der Waals surface area contributed by atoms with Crippen molar-refractivity contribution < 1.29 is 29.3 Å². The van der Waals surface area contributed by atoms with Gasteiger partial charge in [0.05, 0.1) is 0 Å². The molecule has 1 fully saturated rings. The molecule has 2 aliphatic rings. The van der Waals surface area contributed by atoms with E-state index in [-0.39, 0.29) is 17.0 Å². The van der Waals surface area contributed by atoms with E-state index < -0.39 is 35.4 Å². The monoisotopic (exact) mass is 297 g/mol. The normalized spacial score (nSPS) is 26.2. The third-order valence-corrected chi connectivity index (χ3v) is 4.21. The van der Waals surface area contributed by atoms with E-state index in [1.807, 2.05) is 0 Å². The van der Waals surface area contributed by atoms with Gasteiger partial charge in [0.2, 0.25) is 0 Å². The fourth-order valence-corrected chi connectivity index (χ4v) is 3.36. The largest absolute Gasteiger partial charge is 0.477 e. The van der Waals surface area contributed by atoms with Crippen LogP contribution in [0.25, 0.3) is 0 Å². The van der Waals surface area contributed by atoms with Gasteiger partial charge in [-0.15, -0.1) is 18.2 Å². The van der Waals surface area contributed by atoms with Crippen LogP contribution < -0.4 is 0 Å². The van der Waals surface area contributed by atoms with E-state index in [0.717, 1.165) is 11.8 Å². The fraction of sp³-hybridized carbons (Fsp3) is 0.417. The van der Waals surface area contributed by atoms with Gasteiger partial charge in [-0.2, -0.15) is 0 Å². The molecule has 2 aliphatic heterocycles. The van der Waals surface area contributed by atoms with Crippen LogP contribution in [-0.2, 0) is 19.1 Å². The van der Waals surface area contributed by atoms with Gasteiger partial charge >= 0.3 is 11.9 Å².